The molecule has 0 spiro atoms. The molecular weight excluding hydrogens is 583 g/mol. The minimum Gasteiger partial charge on any atom is -0.492 e. The molecule has 0 bridgehead atoms. The maximum Gasteiger partial charge on any atom is 0.306 e. The number of benzene rings is 2. The first-order chi connectivity index (χ1) is 19.2. The lowest BCUT2D eigenvalue weighted by Crippen LogP contribution is -2.38. The van der Waals surface area contributed by atoms with E-state index in [1.54, 1.807) is 11.0 Å². The first-order valence-electron chi connectivity index (χ1n) is 13.8. The SMILES string of the molecule is CCCCN(C(=O)c1cc(C)ccc1Cl)c1nnc(-c2cc(C)c(OCCN3CCC(C(=O)O)CC3)c(C)c2)s1.Cl. The summed E-state index contributed by atoms with van der Waals surface area (Å²) in [5, 5.41) is 19.7. The standard InChI is InChI=1S/C30H37ClN4O4S.ClH/c1-5-6-11-35(28(36)24-16-19(2)7-8-25(24)31)30-33-32-27(40-30)23-17-20(3)26(21(4)18-23)39-15-14-34-12-9-22(10-13-34)29(37)38;/h7-8,16-18,22H,5-6,9-15H2,1-4H3,(H,37,38);1H. The maximum absolute atomic E-state index is 13.5. The number of carbonyl (C=O) groups is 2. The van der Waals surface area contributed by atoms with Crippen molar-refractivity contribution < 1.29 is 19.4 Å². The largest absolute Gasteiger partial charge is 0.492 e. The number of halogens is 2. The van der Waals surface area contributed by atoms with Gasteiger partial charge in [0.2, 0.25) is 5.13 Å². The van der Waals surface area contributed by atoms with Gasteiger partial charge in [0.1, 0.15) is 17.4 Å². The zero-order valence-electron chi connectivity index (χ0n) is 24.0. The number of rotatable bonds is 11. The zero-order valence-corrected chi connectivity index (χ0v) is 26.4. The molecule has 2 aromatic carbocycles. The van der Waals surface area contributed by atoms with E-state index in [4.69, 9.17) is 16.3 Å². The Morgan fingerprint density at radius 2 is 1.80 bits per heavy atom. The number of anilines is 1. The highest BCUT2D eigenvalue weighted by atomic mass is 35.5. The molecular formula is C30H38Cl2N4O4S. The van der Waals surface area contributed by atoms with Crippen LogP contribution in [0.4, 0.5) is 5.13 Å². The predicted octanol–water partition coefficient (Wildman–Crippen LogP) is 6.83. The quantitative estimate of drug-likeness (QED) is 0.251. The van der Waals surface area contributed by atoms with Crippen molar-refractivity contribution in [3.05, 3.63) is 57.6 Å². The van der Waals surface area contributed by atoms with Crippen LogP contribution in [-0.4, -0.2) is 64.9 Å². The highest BCUT2D eigenvalue weighted by Crippen LogP contribution is 2.35. The van der Waals surface area contributed by atoms with Crippen molar-refractivity contribution in [1.82, 2.24) is 15.1 Å². The number of aryl methyl sites for hydroxylation is 3. The fourth-order valence-electron chi connectivity index (χ4n) is 4.97. The Morgan fingerprint density at radius 3 is 2.44 bits per heavy atom. The third-order valence-electron chi connectivity index (χ3n) is 7.28. The number of ether oxygens (including phenoxy) is 1. The monoisotopic (exact) mass is 620 g/mol. The normalized spacial score (nSPS) is 14.0. The summed E-state index contributed by atoms with van der Waals surface area (Å²) in [6.07, 6.45) is 3.15. The zero-order chi connectivity index (χ0) is 28.8. The number of carbonyl (C=O) groups excluding carboxylic acids is 1. The third kappa shape index (κ3) is 8.19. The van der Waals surface area contributed by atoms with Crippen molar-refractivity contribution in [3.8, 4) is 16.3 Å². The lowest BCUT2D eigenvalue weighted by atomic mass is 9.97. The van der Waals surface area contributed by atoms with Gasteiger partial charge in [-0.1, -0.05) is 47.9 Å². The first-order valence-corrected chi connectivity index (χ1v) is 15.0. The molecule has 0 saturated carbocycles. The average Bonchev–Trinajstić information content (AvgIpc) is 3.42. The summed E-state index contributed by atoms with van der Waals surface area (Å²) >= 11 is 7.78. The molecule has 222 valence electrons. The Morgan fingerprint density at radius 1 is 1.12 bits per heavy atom. The molecule has 1 aliphatic heterocycles. The van der Waals surface area contributed by atoms with Crippen molar-refractivity contribution in [2.24, 2.45) is 5.92 Å². The molecule has 0 radical (unpaired) electrons. The third-order valence-corrected chi connectivity index (χ3v) is 8.60. The summed E-state index contributed by atoms with van der Waals surface area (Å²) in [7, 11) is 0. The minimum absolute atomic E-state index is 0. The van der Waals surface area contributed by atoms with Gasteiger partial charge in [-0.25, -0.2) is 0 Å². The van der Waals surface area contributed by atoms with E-state index in [-0.39, 0.29) is 24.2 Å². The molecule has 2 heterocycles. The molecule has 8 nitrogen and oxygen atoms in total. The second-order valence-corrected chi connectivity index (χ2v) is 11.8. The van der Waals surface area contributed by atoms with Crippen molar-refractivity contribution in [2.45, 2.75) is 53.4 Å². The van der Waals surface area contributed by atoms with Crippen LogP contribution in [0.15, 0.2) is 30.3 Å². The van der Waals surface area contributed by atoms with Gasteiger partial charge < -0.3 is 9.84 Å². The molecule has 1 amide bonds. The number of aliphatic carboxylic acids is 1. The van der Waals surface area contributed by atoms with Crippen LogP contribution in [0.25, 0.3) is 10.6 Å². The predicted molar refractivity (Wildman–Crippen MR) is 167 cm³/mol. The fraction of sp³-hybridized carbons (Fsp3) is 0.467. The molecule has 0 unspecified atom stereocenters. The summed E-state index contributed by atoms with van der Waals surface area (Å²) in [6, 6.07) is 9.54. The number of likely N-dealkylation sites (tertiary alicyclic amines) is 1. The molecule has 11 heteroatoms. The lowest BCUT2D eigenvalue weighted by Gasteiger charge is -2.30. The lowest BCUT2D eigenvalue weighted by molar-refractivity contribution is -0.143. The van der Waals surface area contributed by atoms with Crippen molar-refractivity contribution >= 4 is 52.4 Å². The van der Waals surface area contributed by atoms with E-state index in [9.17, 15) is 14.7 Å². The first kappa shape index (κ1) is 32.8. The molecule has 0 atom stereocenters. The molecule has 3 aromatic rings. The molecule has 1 aliphatic rings. The summed E-state index contributed by atoms with van der Waals surface area (Å²) < 4.78 is 6.17. The number of piperidine rings is 1. The Hall–Kier alpha value is -2.72. The van der Waals surface area contributed by atoms with E-state index in [2.05, 4.69) is 22.0 Å². The molecule has 41 heavy (non-hydrogen) atoms. The van der Waals surface area contributed by atoms with E-state index in [1.165, 1.54) is 11.3 Å². The average molecular weight is 622 g/mol. The maximum atomic E-state index is 13.5. The van der Waals surface area contributed by atoms with Crippen molar-refractivity contribution in [3.63, 3.8) is 0 Å². The summed E-state index contributed by atoms with van der Waals surface area (Å²) in [4.78, 5) is 28.6. The second-order valence-electron chi connectivity index (χ2n) is 10.4. The number of carboxylic acid groups (broad SMARTS) is 1. The topological polar surface area (TPSA) is 95.9 Å². The summed E-state index contributed by atoms with van der Waals surface area (Å²) in [6.45, 7) is 11.5. The van der Waals surface area contributed by atoms with Crippen LogP contribution in [0, 0.1) is 26.7 Å². The van der Waals surface area contributed by atoms with Crippen LogP contribution in [-0.2, 0) is 4.79 Å². The van der Waals surface area contributed by atoms with Gasteiger partial charge in [0.25, 0.3) is 5.91 Å². The van der Waals surface area contributed by atoms with E-state index in [0.717, 1.165) is 65.5 Å². The van der Waals surface area contributed by atoms with E-state index in [0.29, 0.717) is 41.7 Å². The van der Waals surface area contributed by atoms with E-state index in [1.807, 2.05) is 45.0 Å². The highest BCUT2D eigenvalue weighted by Gasteiger charge is 2.25. The molecule has 4 rings (SSSR count). The van der Waals surface area contributed by atoms with Gasteiger partial charge in [-0.15, -0.1) is 22.6 Å². The van der Waals surface area contributed by atoms with Gasteiger partial charge in [-0.2, -0.15) is 0 Å². The van der Waals surface area contributed by atoms with Crippen molar-refractivity contribution in [1.29, 1.82) is 0 Å². The number of hydrogen-bond donors (Lipinski definition) is 1. The number of aromatic nitrogens is 2. The smallest absolute Gasteiger partial charge is 0.306 e. The number of carboxylic acids is 1. The number of unbranched alkanes of at least 4 members (excludes halogenated alkanes) is 1. The second kappa shape index (κ2) is 15.0. The van der Waals surface area contributed by atoms with E-state index < -0.39 is 5.97 Å². The molecule has 0 aliphatic carbocycles. The minimum atomic E-state index is -0.694. The Balaban J connectivity index is 0.00000462. The van der Waals surface area contributed by atoms with Gasteiger partial charge in [0.05, 0.1) is 16.5 Å². The van der Waals surface area contributed by atoms with Gasteiger partial charge in [-0.05, 0) is 88.5 Å². The Labute approximate surface area is 257 Å². The molecule has 1 fully saturated rings. The number of hydrogen-bond acceptors (Lipinski definition) is 7. The fourth-order valence-corrected chi connectivity index (χ4v) is 6.03. The molecule has 1 N–H and O–H groups in total. The Bertz CT molecular complexity index is 1340. The van der Waals surface area contributed by atoms with E-state index >= 15 is 0 Å². The molecule has 1 saturated heterocycles. The van der Waals surface area contributed by atoms with Gasteiger partial charge in [-0.3, -0.25) is 19.4 Å². The molecule has 1 aromatic heterocycles. The number of nitrogens with zero attached hydrogens (tertiary/aromatic N) is 4. The number of amides is 1. The van der Waals surface area contributed by atoms with Crippen LogP contribution >= 0.6 is 35.3 Å². The van der Waals surface area contributed by atoms with Gasteiger partial charge in [0, 0.05) is 18.7 Å². The van der Waals surface area contributed by atoms with Crippen LogP contribution in [0.3, 0.4) is 0 Å². The van der Waals surface area contributed by atoms with Crippen LogP contribution in [0.1, 0.15) is 59.7 Å². The summed E-state index contributed by atoms with van der Waals surface area (Å²) in [5.41, 5.74) is 4.37. The van der Waals surface area contributed by atoms with Crippen LogP contribution < -0.4 is 9.64 Å². The van der Waals surface area contributed by atoms with Crippen LogP contribution in [0.2, 0.25) is 5.02 Å². The summed E-state index contributed by atoms with van der Waals surface area (Å²) in [5.74, 6) is -0.246. The van der Waals surface area contributed by atoms with Gasteiger partial charge in [0.15, 0.2) is 0 Å². The van der Waals surface area contributed by atoms with Gasteiger partial charge >= 0.3 is 5.97 Å². The van der Waals surface area contributed by atoms with Crippen molar-refractivity contribution in [2.75, 3.05) is 37.7 Å². The Kier molecular flexibility index (Phi) is 12.0. The highest BCUT2D eigenvalue weighted by molar-refractivity contribution is 7.18. The van der Waals surface area contributed by atoms with Crippen LogP contribution in [0.5, 0.6) is 5.75 Å².